The zero-order chi connectivity index (χ0) is 26.4. The Morgan fingerprint density at radius 1 is 0.231 bits per heavy atom. The normalized spacial score (nSPS) is 11.7. The predicted molar refractivity (Wildman–Crippen MR) is 158 cm³/mol. The van der Waals surface area contributed by atoms with Gasteiger partial charge in [0, 0.05) is 0 Å². The van der Waals surface area contributed by atoms with Gasteiger partial charge in [-0.1, -0.05) is 0 Å². The van der Waals surface area contributed by atoms with Gasteiger partial charge in [-0.05, 0) is 0 Å². The van der Waals surface area contributed by atoms with E-state index in [-0.39, 0.29) is 0 Å². The molecule has 1 nitrogen and oxygen atoms in total. The van der Waals surface area contributed by atoms with Gasteiger partial charge in [0.2, 0.25) is 0 Å². The molecule has 6 aromatic carbocycles. The molecule has 0 aliphatic heterocycles. The van der Waals surface area contributed by atoms with Crippen molar-refractivity contribution < 1.29 is 35.9 Å². The zero-order valence-electron chi connectivity index (χ0n) is 21.7. The molecule has 0 saturated carbocycles. The average molecular weight is 574 g/mol. The molecule has 6 rings (SSSR count). The Morgan fingerprint density at radius 3 is 0.538 bits per heavy atom. The van der Waals surface area contributed by atoms with E-state index < -0.39 is 34.0 Å². The van der Waals surface area contributed by atoms with E-state index >= 15 is 0 Å². The van der Waals surface area contributed by atoms with Gasteiger partial charge in [-0.3, -0.25) is 0 Å². The molecule has 0 radical (unpaired) electrons. The van der Waals surface area contributed by atoms with Crippen LogP contribution in [0, 0.1) is 0 Å². The summed E-state index contributed by atoms with van der Waals surface area (Å²) >= 11 is -7.58. The second-order valence-electron chi connectivity index (χ2n) is 9.66. The number of benzene rings is 6. The Hall–Kier alpha value is -3.29. The summed E-state index contributed by atoms with van der Waals surface area (Å²) in [6.45, 7) is 0. The fraction of sp³-hybridized carbons (Fsp3) is 0. The molecule has 0 aliphatic carbocycles. The molecular weight excluding hydrogens is 544 g/mol. The first-order valence-corrected chi connectivity index (χ1v) is 19.3. The van der Waals surface area contributed by atoms with Gasteiger partial charge in [-0.15, -0.1) is 0 Å². The number of hydrogen-bond acceptors (Lipinski definition) is 1. The van der Waals surface area contributed by atoms with Crippen LogP contribution in [-0.2, 0) is 35.9 Å². The molecule has 188 valence electrons. The molecule has 0 amide bonds. The first-order valence-electron chi connectivity index (χ1n) is 13.4. The SMILES string of the molecule is c1cc[c]([Ti]([O][Ti]([c]2ccccc2)([c]2ccccc2)[c]2ccccc2)([c]2ccccc2)[c]2ccccc2)cc1. The summed E-state index contributed by atoms with van der Waals surface area (Å²) in [5, 5.41) is 0. The van der Waals surface area contributed by atoms with Gasteiger partial charge in [0.15, 0.2) is 0 Å². The maximum absolute atomic E-state index is 8.32. The summed E-state index contributed by atoms with van der Waals surface area (Å²) in [7, 11) is 0. The Morgan fingerprint density at radius 2 is 0.385 bits per heavy atom. The quantitative estimate of drug-likeness (QED) is 0.230. The monoisotopic (exact) mass is 574 g/mol. The van der Waals surface area contributed by atoms with Crippen LogP contribution in [0.1, 0.15) is 0 Å². The van der Waals surface area contributed by atoms with Gasteiger partial charge in [0.25, 0.3) is 0 Å². The standard InChI is InChI=1S/6C6H5.O.2Ti/c6*1-2-4-6-5-3-1;;;/h6*1-5H;;;. The predicted octanol–water partition coefficient (Wildman–Crippen LogP) is 5.09. The summed E-state index contributed by atoms with van der Waals surface area (Å²) in [6.07, 6.45) is 0. The molecule has 0 heterocycles. The first kappa shape index (κ1) is 26.0. The van der Waals surface area contributed by atoms with E-state index in [1.807, 2.05) is 0 Å². The van der Waals surface area contributed by atoms with E-state index in [0.717, 1.165) is 0 Å². The van der Waals surface area contributed by atoms with Crippen molar-refractivity contribution in [3.8, 4) is 0 Å². The van der Waals surface area contributed by atoms with Crippen molar-refractivity contribution in [2.45, 2.75) is 0 Å². The van der Waals surface area contributed by atoms with Crippen LogP contribution in [0.25, 0.3) is 0 Å². The Bertz CT molecular complexity index is 1270. The molecule has 0 fully saturated rings. The fourth-order valence-corrected chi connectivity index (χ4v) is 24.3. The van der Waals surface area contributed by atoms with Gasteiger partial charge in [0.05, 0.1) is 0 Å². The van der Waals surface area contributed by atoms with Crippen LogP contribution in [0.15, 0.2) is 182 Å². The fourth-order valence-electron chi connectivity index (χ4n) is 5.62. The summed E-state index contributed by atoms with van der Waals surface area (Å²) in [6, 6.07) is 66.0. The molecule has 6 aromatic rings. The van der Waals surface area contributed by atoms with Crippen molar-refractivity contribution in [2.75, 3.05) is 0 Å². The van der Waals surface area contributed by atoms with Gasteiger partial charge in [-0.25, -0.2) is 0 Å². The molecule has 0 spiro atoms. The molecule has 0 aromatic heterocycles. The third-order valence-electron chi connectivity index (χ3n) is 7.39. The number of rotatable bonds is 8. The van der Waals surface area contributed by atoms with Crippen molar-refractivity contribution in [2.24, 2.45) is 0 Å². The van der Waals surface area contributed by atoms with Crippen LogP contribution >= 0.6 is 0 Å². The minimum atomic E-state index is -3.79. The van der Waals surface area contributed by atoms with Crippen LogP contribution in [0.3, 0.4) is 0 Å². The van der Waals surface area contributed by atoms with Crippen molar-refractivity contribution in [1.29, 1.82) is 0 Å². The summed E-state index contributed by atoms with van der Waals surface area (Å²) in [5.41, 5.74) is 0. The van der Waals surface area contributed by atoms with Crippen LogP contribution in [0.5, 0.6) is 0 Å². The van der Waals surface area contributed by atoms with Crippen molar-refractivity contribution in [3.63, 3.8) is 0 Å². The number of hydrogen-bond donors (Lipinski definition) is 0. The van der Waals surface area contributed by atoms with Crippen LogP contribution < -0.4 is 23.2 Å². The van der Waals surface area contributed by atoms with E-state index in [2.05, 4.69) is 182 Å². The molecule has 0 unspecified atom stereocenters. The topological polar surface area (TPSA) is 9.23 Å². The van der Waals surface area contributed by atoms with E-state index in [1.54, 1.807) is 0 Å². The molecule has 0 bridgehead atoms. The second kappa shape index (κ2) is 11.8. The van der Waals surface area contributed by atoms with E-state index in [0.29, 0.717) is 0 Å². The Balaban J connectivity index is 1.76. The summed E-state index contributed by atoms with van der Waals surface area (Å²) in [5.74, 6) is 0. The Labute approximate surface area is 239 Å². The minimum absolute atomic E-state index is 1.30. The molecule has 0 aliphatic rings. The van der Waals surface area contributed by atoms with Gasteiger partial charge in [0.1, 0.15) is 0 Å². The van der Waals surface area contributed by atoms with Gasteiger partial charge < -0.3 is 0 Å². The Kier molecular flexibility index (Phi) is 7.88. The molecule has 39 heavy (non-hydrogen) atoms. The summed E-state index contributed by atoms with van der Waals surface area (Å²) < 4.78 is 16.1. The van der Waals surface area contributed by atoms with Gasteiger partial charge in [-0.2, -0.15) is 0 Å². The van der Waals surface area contributed by atoms with Crippen molar-refractivity contribution >= 4 is 23.2 Å². The molecular formula is C36H30OTi2. The average Bonchev–Trinajstić information content (AvgIpc) is 3.04. The zero-order valence-corrected chi connectivity index (χ0v) is 24.9. The van der Waals surface area contributed by atoms with Crippen LogP contribution in [0.2, 0.25) is 0 Å². The second-order valence-corrected chi connectivity index (χ2v) is 21.0. The van der Waals surface area contributed by atoms with E-state index in [1.165, 1.54) is 23.2 Å². The van der Waals surface area contributed by atoms with Crippen molar-refractivity contribution in [1.82, 2.24) is 0 Å². The van der Waals surface area contributed by atoms with Crippen LogP contribution in [0.4, 0.5) is 0 Å². The third kappa shape index (κ3) is 4.94. The maximum atomic E-state index is 8.32. The van der Waals surface area contributed by atoms with E-state index in [9.17, 15) is 0 Å². The molecule has 0 saturated heterocycles. The van der Waals surface area contributed by atoms with Crippen LogP contribution in [-0.4, -0.2) is 0 Å². The third-order valence-corrected chi connectivity index (χ3v) is 23.0. The molecule has 3 heteroatoms. The first-order chi connectivity index (χ1) is 19.3. The molecule has 0 N–H and O–H groups in total. The summed E-state index contributed by atoms with van der Waals surface area (Å²) in [4.78, 5) is 0. The molecule has 0 atom stereocenters. The van der Waals surface area contributed by atoms with E-state index in [4.69, 9.17) is 1.90 Å². The van der Waals surface area contributed by atoms with Crippen molar-refractivity contribution in [3.05, 3.63) is 182 Å². The van der Waals surface area contributed by atoms with Gasteiger partial charge >= 0.3 is 241 Å².